The molecule has 0 spiro atoms. The molecule has 2 heteroatoms. The average Bonchev–Trinajstić information content (AvgIpc) is 2.18. The van der Waals surface area contributed by atoms with Gasteiger partial charge in [0.2, 0.25) is 0 Å². The lowest BCUT2D eigenvalue weighted by Crippen LogP contribution is -2.17. The lowest BCUT2D eigenvalue weighted by molar-refractivity contribution is 0.186. The Kier molecular flexibility index (Phi) is 2.32. The second kappa shape index (κ2) is 3.62. The largest absolute Gasteiger partial charge is 0.486 e. The third-order valence-electron chi connectivity index (χ3n) is 2.10. The average molecular weight is 176 g/mol. The van der Waals surface area contributed by atoms with Crippen LogP contribution in [0, 0.1) is 0 Å². The van der Waals surface area contributed by atoms with E-state index in [-0.39, 0.29) is 12.7 Å². The lowest BCUT2D eigenvalue weighted by Gasteiger charge is -2.20. The first-order valence-electron chi connectivity index (χ1n) is 4.45. The Hall–Kier alpha value is -1.28. The highest BCUT2D eigenvalue weighted by atomic mass is 16.5. The minimum Gasteiger partial charge on any atom is -0.486 e. The summed E-state index contributed by atoms with van der Waals surface area (Å²) in [5.74, 6) is 0.906. The van der Waals surface area contributed by atoms with Crippen molar-refractivity contribution in [1.82, 2.24) is 0 Å². The molecule has 1 aromatic carbocycles. The van der Waals surface area contributed by atoms with Crippen LogP contribution in [0.15, 0.2) is 30.3 Å². The number of hydrogen-bond donors (Lipinski definition) is 1. The number of aliphatic hydroxyl groups is 1. The first kappa shape index (κ1) is 8.32. The molecule has 1 N–H and O–H groups in total. The van der Waals surface area contributed by atoms with Crippen LogP contribution in [0.25, 0.3) is 6.08 Å². The molecule has 2 rings (SSSR count). The summed E-state index contributed by atoms with van der Waals surface area (Å²) in [6, 6.07) is 7.90. The summed E-state index contributed by atoms with van der Waals surface area (Å²) < 4.78 is 5.63. The summed E-state index contributed by atoms with van der Waals surface area (Å²) in [5, 5.41) is 8.75. The highest BCUT2D eigenvalue weighted by Crippen LogP contribution is 2.25. The number of benzene rings is 1. The minimum absolute atomic E-state index is 0.0277. The Labute approximate surface area is 77.5 Å². The molecule has 13 heavy (non-hydrogen) atoms. The molecule has 0 aliphatic carbocycles. The van der Waals surface area contributed by atoms with Gasteiger partial charge >= 0.3 is 0 Å². The van der Waals surface area contributed by atoms with Gasteiger partial charge in [-0.15, -0.1) is 0 Å². The molecule has 1 heterocycles. The molecule has 0 amide bonds. The van der Waals surface area contributed by atoms with Crippen molar-refractivity contribution in [3.05, 3.63) is 35.9 Å². The van der Waals surface area contributed by atoms with Crippen molar-refractivity contribution in [3.63, 3.8) is 0 Å². The van der Waals surface area contributed by atoms with Gasteiger partial charge in [-0.25, -0.2) is 0 Å². The van der Waals surface area contributed by atoms with E-state index < -0.39 is 0 Å². The normalized spacial score (nSPS) is 19.3. The molecule has 0 fully saturated rings. The summed E-state index contributed by atoms with van der Waals surface area (Å²) in [7, 11) is 0. The van der Waals surface area contributed by atoms with E-state index in [9.17, 15) is 0 Å². The lowest BCUT2D eigenvalue weighted by atomic mass is 10.1. The van der Waals surface area contributed by atoms with E-state index in [1.165, 1.54) is 0 Å². The van der Waals surface area contributed by atoms with Crippen LogP contribution in [0.1, 0.15) is 12.0 Å². The van der Waals surface area contributed by atoms with Crippen molar-refractivity contribution >= 4 is 6.08 Å². The molecule has 0 aromatic heterocycles. The highest BCUT2D eigenvalue weighted by molar-refractivity contribution is 5.59. The van der Waals surface area contributed by atoms with Crippen molar-refractivity contribution in [2.24, 2.45) is 0 Å². The number of aliphatic hydroxyl groups excluding tert-OH is 1. The Morgan fingerprint density at radius 2 is 2.15 bits per heavy atom. The Bertz CT molecular complexity index is 318. The van der Waals surface area contributed by atoms with Crippen LogP contribution in [-0.2, 0) is 0 Å². The molecule has 68 valence electrons. The highest BCUT2D eigenvalue weighted by Gasteiger charge is 2.12. The van der Waals surface area contributed by atoms with Gasteiger partial charge in [-0.3, -0.25) is 0 Å². The predicted molar refractivity (Wildman–Crippen MR) is 51.6 cm³/mol. The van der Waals surface area contributed by atoms with Crippen LogP contribution >= 0.6 is 0 Å². The van der Waals surface area contributed by atoms with Gasteiger partial charge in [0.05, 0.1) is 0 Å². The Balaban J connectivity index is 2.19. The second-order valence-corrected chi connectivity index (χ2v) is 3.07. The van der Waals surface area contributed by atoms with E-state index in [4.69, 9.17) is 9.84 Å². The summed E-state index contributed by atoms with van der Waals surface area (Å²) in [5.41, 5.74) is 1.11. The fourth-order valence-electron chi connectivity index (χ4n) is 1.42. The molecular weight excluding hydrogens is 164 g/mol. The van der Waals surface area contributed by atoms with Crippen molar-refractivity contribution in [3.8, 4) is 5.75 Å². The zero-order valence-corrected chi connectivity index (χ0v) is 7.31. The monoisotopic (exact) mass is 176 g/mol. The van der Waals surface area contributed by atoms with Gasteiger partial charge in [-0.05, 0) is 12.1 Å². The zero-order chi connectivity index (χ0) is 9.10. The fraction of sp³-hybridized carbons (Fsp3) is 0.273. The third kappa shape index (κ3) is 1.73. The topological polar surface area (TPSA) is 29.5 Å². The van der Waals surface area contributed by atoms with Gasteiger partial charge < -0.3 is 9.84 Å². The maximum atomic E-state index is 8.75. The van der Waals surface area contributed by atoms with E-state index in [0.29, 0.717) is 6.42 Å². The number of hydrogen-bond acceptors (Lipinski definition) is 2. The quantitative estimate of drug-likeness (QED) is 0.745. The SMILES string of the molecule is OCCC1C=Cc2ccccc2O1. The van der Waals surface area contributed by atoms with Crippen molar-refractivity contribution in [2.45, 2.75) is 12.5 Å². The van der Waals surface area contributed by atoms with E-state index in [2.05, 4.69) is 0 Å². The maximum Gasteiger partial charge on any atom is 0.127 e. The Morgan fingerprint density at radius 1 is 1.31 bits per heavy atom. The van der Waals surface area contributed by atoms with Crippen LogP contribution in [0.5, 0.6) is 5.75 Å². The van der Waals surface area contributed by atoms with Gasteiger partial charge in [0.1, 0.15) is 11.9 Å². The molecule has 0 saturated carbocycles. The molecule has 0 saturated heterocycles. The van der Waals surface area contributed by atoms with Crippen LogP contribution < -0.4 is 4.74 Å². The van der Waals surface area contributed by atoms with Gasteiger partial charge in [-0.2, -0.15) is 0 Å². The molecule has 1 unspecified atom stereocenters. The van der Waals surface area contributed by atoms with Crippen molar-refractivity contribution in [1.29, 1.82) is 0 Å². The van der Waals surface area contributed by atoms with E-state index in [1.807, 2.05) is 36.4 Å². The molecular formula is C11H12O2. The van der Waals surface area contributed by atoms with E-state index in [1.54, 1.807) is 0 Å². The van der Waals surface area contributed by atoms with Gasteiger partial charge in [0.25, 0.3) is 0 Å². The molecule has 1 aliphatic rings. The number of para-hydroxylation sites is 1. The maximum absolute atomic E-state index is 8.75. The first-order chi connectivity index (χ1) is 6.40. The summed E-state index contributed by atoms with van der Waals surface area (Å²) in [6.45, 7) is 0.164. The molecule has 1 aliphatic heterocycles. The third-order valence-corrected chi connectivity index (χ3v) is 2.10. The molecule has 1 aromatic rings. The summed E-state index contributed by atoms with van der Waals surface area (Å²) in [4.78, 5) is 0. The van der Waals surface area contributed by atoms with Crippen molar-refractivity contribution < 1.29 is 9.84 Å². The second-order valence-electron chi connectivity index (χ2n) is 3.07. The van der Waals surface area contributed by atoms with Crippen LogP contribution in [-0.4, -0.2) is 17.8 Å². The van der Waals surface area contributed by atoms with E-state index >= 15 is 0 Å². The van der Waals surface area contributed by atoms with Gasteiger partial charge in [0.15, 0.2) is 0 Å². The van der Waals surface area contributed by atoms with Crippen LogP contribution in [0.3, 0.4) is 0 Å². The number of ether oxygens (including phenoxy) is 1. The van der Waals surface area contributed by atoms with E-state index in [0.717, 1.165) is 11.3 Å². The van der Waals surface area contributed by atoms with Gasteiger partial charge in [0, 0.05) is 18.6 Å². The first-order valence-corrected chi connectivity index (χ1v) is 4.45. The summed E-state index contributed by atoms with van der Waals surface area (Å²) >= 11 is 0. The van der Waals surface area contributed by atoms with Crippen LogP contribution in [0.2, 0.25) is 0 Å². The van der Waals surface area contributed by atoms with Crippen LogP contribution in [0.4, 0.5) is 0 Å². The van der Waals surface area contributed by atoms with Crippen molar-refractivity contribution in [2.75, 3.05) is 6.61 Å². The molecule has 2 nitrogen and oxygen atoms in total. The zero-order valence-electron chi connectivity index (χ0n) is 7.31. The predicted octanol–water partition coefficient (Wildman–Crippen LogP) is 1.84. The number of rotatable bonds is 2. The minimum atomic E-state index is 0.0277. The molecule has 0 radical (unpaired) electrons. The smallest absolute Gasteiger partial charge is 0.127 e. The fourth-order valence-corrected chi connectivity index (χ4v) is 1.42. The van der Waals surface area contributed by atoms with Gasteiger partial charge in [-0.1, -0.05) is 24.3 Å². The summed E-state index contributed by atoms with van der Waals surface area (Å²) in [6.07, 6.45) is 4.71. The molecule has 0 bridgehead atoms. The Morgan fingerprint density at radius 3 is 3.00 bits per heavy atom. The molecule has 1 atom stereocenters. The standard InChI is InChI=1S/C11H12O2/c12-8-7-10-6-5-9-3-1-2-4-11(9)13-10/h1-6,10,12H,7-8H2. The number of fused-ring (bicyclic) bond motifs is 1.